The number of morpholine rings is 1. The number of nitrogens with two attached hydrogens (primary N) is 1. The van der Waals surface area contributed by atoms with Crippen molar-refractivity contribution in [1.82, 2.24) is 4.90 Å². The smallest absolute Gasteiger partial charge is 0.291 e. The Morgan fingerprint density at radius 2 is 1.91 bits per heavy atom. The van der Waals surface area contributed by atoms with E-state index in [9.17, 15) is 9.59 Å². The highest BCUT2D eigenvalue weighted by Gasteiger charge is 2.40. The molecule has 1 aromatic heterocycles. The lowest BCUT2D eigenvalue weighted by atomic mass is 9.86. The lowest BCUT2D eigenvalue weighted by Crippen LogP contribution is -2.61. The fraction of sp³-hybridized carbons (Fsp3) is 0.556. The molecule has 0 saturated carbocycles. The standard InChI is InChI=1S/C27H38N4O4/c1-3-31(13-9-22(10-14-31)25(28)27(33)30-11-16-34-17-12-30)20(2)18-21-6-4-7-23(19-21)29-26(32)24-8-5-15-35-24/h4-8,15,19-20,22,25H,3,9-14,16-18,28H2,1-2H3/p+1. The van der Waals surface area contributed by atoms with E-state index < -0.39 is 6.04 Å². The van der Waals surface area contributed by atoms with Crippen LogP contribution >= 0.6 is 0 Å². The van der Waals surface area contributed by atoms with Gasteiger partial charge in [-0.15, -0.1) is 0 Å². The molecule has 2 atom stereocenters. The minimum absolute atomic E-state index is 0.0799. The van der Waals surface area contributed by atoms with Gasteiger partial charge in [-0.25, -0.2) is 0 Å². The molecule has 190 valence electrons. The summed E-state index contributed by atoms with van der Waals surface area (Å²) in [5.41, 5.74) is 8.43. The highest BCUT2D eigenvalue weighted by atomic mass is 16.5. The number of carbonyl (C=O) groups excluding carboxylic acids is 2. The number of nitrogens with one attached hydrogen (secondary N) is 1. The zero-order chi connectivity index (χ0) is 24.8. The number of rotatable bonds is 8. The Morgan fingerprint density at radius 1 is 1.17 bits per heavy atom. The fourth-order valence-corrected chi connectivity index (χ4v) is 5.64. The molecule has 2 unspecified atom stereocenters. The number of hydrogen-bond acceptors (Lipinski definition) is 5. The second kappa shape index (κ2) is 11.4. The molecule has 3 heterocycles. The topological polar surface area (TPSA) is 97.8 Å². The van der Waals surface area contributed by atoms with Crippen LogP contribution in [-0.4, -0.2) is 79.2 Å². The number of anilines is 1. The Balaban J connectivity index is 1.34. The predicted octanol–water partition coefficient (Wildman–Crippen LogP) is 2.90. The van der Waals surface area contributed by atoms with Gasteiger partial charge in [0.1, 0.15) is 0 Å². The number of quaternary nitrogens is 1. The van der Waals surface area contributed by atoms with Crippen LogP contribution in [0.15, 0.2) is 47.1 Å². The van der Waals surface area contributed by atoms with Gasteiger partial charge in [-0.05, 0) is 49.6 Å². The molecule has 4 rings (SSSR count). The molecular weight excluding hydrogens is 444 g/mol. The van der Waals surface area contributed by atoms with Crippen molar-refractivity contribution in [1.29, 1.82) is 0 Å². The maximum atomic E-state index is 12.9. The molecule has 3 N–H and O–H groups in total. The second-order valence-corrected chi connectivity index (χ2v) is 9.97. The third-order valence-corrected chi connectivity index (χ3v) is 8.03. The second-order valence-electron chi connectivity index (χ2n) is 9.97. The Hall–Kier alpha value is -2.68. The maximum Gasteiger partial charge on any atom is 0.291 e. The maximum absolute atomic E-state index is 12.9. The van der Waals surface area contributed by atoms with E-state index in [1.807, 2.05) is 23.1 Å². The minimum Gasteiger partial charge on any atom is -0.459 e. The molecule has 2 aliphatic heterocycles. The number of piperidine rings is 1. The van der Waals surface area contributed by atoms with Gasteiger partial charge in [0.05, 0.1) is 51.2 Å². The molecule has 0 bridgehead atoms. The number of benzene rings is 1. The molecule has 2 saturated heterocycles. The van der Waals surface area contributed by atoms with E-state index in [0.29, 0.717) is 38.1 Å². The Kier molecular flexibility index (Phi) is 8.26. The van der Waals surface area contributed by atoms with E-state index >= 15 is 0 Å². The van der Waals surface area contributed by atoms with Crippen molar-refractivity contribution < 1.29 is 23.2 Å². The molecule has 2 amide bonds. The fourth-order valence-electron chi connectivity index (χ4n) is 5.64. The van der Waals surface area contributed by atoms with Crippen LogP contribution in [-0.2, 0) is 16.0 Å². The van der Waals surface area contributed by atoms with Gasteiger partial charge >= 0.3 is 0 Å². The number of furan rings is 1. The number of amides is 2. The molecule has 0 spiro atoms. The highest BCUT2D eigenvalue weighted by molar-refractivity contribution is 6.02. The summed E-state index contributed by atoms with van der Waals surface area (Å²) in [4.78, 5) is 27.1. The normalized spacial score (nSPS) is 24.5. The third kappa shape index (κ3) is 5.94. The SMILES string of the molecule is CC[N+]1(C(C)Cc2cccc(NC(=O)c3ccco3)c2)CCC(C(N)C(=O)N2CCOCC2)CC1. The first kappa shape index (κ1) is 25.4. The van der Waals surface area contributed by atoms with E-state index in [1.54, 1.807) is 12.1 Å². The predicted molar refractivity (Wildman–Crippen MR) is 135 cm³/mol. The largest absolute Gasteiger partial charge is 0.459 e. The average molecular weight is 484 g/mol. The number of ether oxygens (including phenoxy) is 1. The summed E-state index contributed by atoms with van der Waals surface area (Å²) in [7, 11) is 0. The van der Waals surface area contributed by atoms with Crippen LogP contribution in [0.2, 0.25) is 0 Å². The van der Waals surface area contributed by atoms with Gasteiger partial charge in [0.15, 0.2) is 5.76 Å². The lowest BCUT2D eigenvalue weighted by molar-refractivity contribution is -0.953. The van der Waals surface area contributed by atoms with E-state index in [-0.39, 0.29) is 17.7 Å². The van der Waals surface area contributed by atoms with Gasteiger partial charge in [0.2, 0.25) is 5.91 Å². The summed E-state index contributed by atoms with van der Waals surface area (Å²) in [6.07, 6.45) is 4.35. The first-order chi connectivity index (χ1) is 16.9. The van der Waals surface area contributed by atoms with Gasteiger partial charge in [-0.2, -0.15) is 0 Å². The van der Waals surface area contributed by atoms with Crippen LogP contribution in [0.5, 0.6) is 0 Å². The van der Waals surface area contributed by atoms with Crippen LogP contribution in [0.4, 0.5) is 5.69 Å². The number of likely N-dealkylation sites (tertiary alicyclic amines) is 1. The monoisotopic (exact) mass is 483 g/mol. The van der Waals surface area contributed by atoms with Crippen LogP contribution in [0.25, 0.3) is 0 Å². The van der Waals surface area contributed by atoms with Crippen molar-refractivity contribution >= 4 is 17.5 Å². The van der Waals surface area contributed by atoms with Gasteiger partial charge in [0.25, 0.3) is 5.91 Å². The third-order valence-electron chi connectivity index (χ3n) is 8.03. The highest BCUT2D eigenvalue weighted by Crippen LogP contribution is 2.30. The summed E-state index contributed by atoms with van der Waals surface area (Å²) in [5.74, 6) is 0.362. The molecule has 2 aliphatic rings. The summed E-state index contributed by atoms with van der Waals surface area (Å²) < 4.78 is 11.6. The molecule has 0 aliphatic carbocycles. The van der Waals surface area contributed by atoms with E-state index in [4.69, 9.17) is 14.9 Å². The lowest BCUT2D eigenvalue weighted by Gasteiger charge is -2.48. The van der Waals surface area contributed by atoms with Crippen LogP contribution in [0, 0.1) is 5.92 Å². The summed E-state index contributed by atoms with van der Waals surface area (Å²) in [6.45, 7) is 10.2. The summed E-state index contributed by atoms with van der Waals surface area (Å²) in [6, 6.07) is 11.4. The molecule has 1 aromatic carbocycles. The van der Waals surface area contributed by atoms with Crippen molar-refractivity contribution in [2.45, 2.75) is 45.2 Å². The molecule has 8 heteroatoms. The van der Waals surface area contributed by atoms with Crippen molar-refractivity contribution in [2.75, 3.05) is 51.3 Å². The molecule has 2 fully saturated rings. The molecule has 2 aromatic rings. The van der Waals surface area contributed by atoms with Crippen molar-refractivity contribution in [3.63, 3.8) is 0 Å². The number of carbonyl (C=O) groups is 2. The number of hydrogen-bond donors (Lipinski definition) is 2. The first-order valence-electron chi connectivity index (χ1n) is 12.8. The average Bonchev–Trinajstić information content (AvgIpc) is 3.44. The van der Waals surface area contributed by atoms with Gasteiger partial charge in [0, 0.05) is 38.0 Å². The Labute approximate surface area is 208 Å². The Bertz CT molecular complexity index is 979. The summed E-state index contributed by atoms with van der Waals surface area (Å²) >= 11 is 0. The number of nitrogens with zero attached hydrogens (tertiary/aromatic N) is 2. The van der Waals surface area contributed by atoms with Crippen molar-refractivity contribution in [3.8, 4) is 0 Å². The van der Waals surface area contributed by atoms with Crippen LogP contribution < -0.4 is 11.1 Å². The molecular formula is C27H39N4O4+. The Morgan fingerprint density at radius 3 is 2.57 bits per heavy atom. The zero-order valence-electron chi connectivity index (χ0n) is 20.9. The molecule has 35 heavy (non-hydrogen) atoms. The van der Waals surface area contributed by atoms with Crippen LogP contribution in [0.3, 0.4) is 0 Å². The van der Waals surface area contributed by atoms with Gasteiger partial charge < -0.3 is 29.6 Å². The van der Waals surface area contributed by atoms with Crippen LogP contribution in [0.1, 0.15) is 42.8 Å². The van der Waals surface area contributed by atoms with Crippen molar-refractivity contribution in [3.05, 3.63) is 54.0 Å². The van der Waals surface area contributed by atoms with E-state index in [1.165, 1.54) is 11.8 Å². The van der Waals surface area contributed by atoms with E-state index in [2.05, 4.69) is 25.2 Å². The quantitative estimate of drug-likeness (QED) is 0.563. The van der Waals surface area contributed by atoms with E-state index in [0.717, 1.165) is 49.1 Å². The van der Waals surface area contributed by atoms with Gasteiger partial charge in [-0.1, -0.05) is 12.1 Å². The van der Waals surface area contributed by atoms with Gasteiger partial charge in [-0.3, -0.25) is 9.59 Å². The number of likely N-dealkylation sites (N-methyl/N-ethyl adjacent to an activating group) is 1. The first-order valence-corrected chi connectivity index (χ1v) is 12.8. The molecule has 8 nitrogen and oxygen atoms in total. The summed E-state index contributed by atoms with van der Waals surface area (Å²) in [5, 5.41) is 2.92. The minimum atomic E-state index is -0.420. The van der Waals surface area contributed by atoms with Crippen molar-refractivity contribution in [2.24, 2.45) is 11.7 Å². The molecule has 0 radical (unpaired) electrons. The zero-order valence-corrected chi connectivity index (χ0v) is 20.9.